The van der Waals surface area contributed by atoms with E-state index in [0.717, 1.165) is 12.8 Å². The van der Waals surface area contributed by atoms with Crippen LogP contribution in [0.2, 0.25) is 0 Å². The molecule has 4 heteroatoms. The topological polar surface area (TPSA) is 54.4 Å². The Morgan fingerprint density at radius 2 is 2.21 bits per heavy atom. The highest BCUT2D eigenvalue weighted by molar-refractivity contribution is 7.85. The zero-order chi connectivity index (χ0) is 10.3. The molecule has 1 N–H and O–H groups in total. The zero-order valence-corrected chi connectivity index (χ0v) is 8.92. The van der Waals surface area contributed by atoms with E-state index in [9.17, 15) is 8.42 Å². The van der Waals surface area contributed by atoms with Gasteiger partial charge in [0.05, 0.1) is 5.75 Å². The minimum atomic E-state index is -3.84. The van der Waals surface area contributed by atoms with Crippen LogP contribution in [0, 0.1) is 11.8 Å². The summed E-state index contributed by atoms with van der Waals surface area (Å²) in [5, 5.41) is 0. The monoisotopic (exact) mass is 214 g/mol. The second kappa shape index (κ2) is 3.21. The van der Waals surface area contributed by atoms with Crippen LogP contribution in [0.1, 0.15) is 19.8 Å². The van der Waals surface area contributed by atoms with Gasteiger partial charge in [-0.1, -0.05) is 23.3 Å². The zero-order valence-electron chi connectivity index (χ0n) is 8.10. The Kier molecular flexibility index (Phi) is 2.27. The van der Waals surface area contributed by atoms with Gasteiger partial charge in [0.15, 0.2) is 0 Å². The molecule has 0 aromatic heterocycles. The minimum Gasteiger partial charge on any atom is -0.286 e. The van der Waals surface area contributed by atoms with E-state index in [1.54, 1.807) is 0 Å². The van der Waals surface area contributed by atoms with Crippen LogP contribution in [-0.2, 0) is 10.1 Å². The van der Waals surface area contributed by atoms with E-state index in [1.807, 2.05) is 13.0 Å². The van der Waals surface area contributed by atoms with Gasteiger partial charge in [0.2, 0.25) is 0 Å². The quantitative estimate of drug-likeness (QED) is 0.713. The molecule has 0 heterocycles. The Labute approximate surface area is 84.3 Å². The molecule has 78 valence electrons. The molecule has 2 bridgehead atoms. The van der Waals surface area contributed by atoms with Gasteiger partial charge >= 0.3 is 0 Å². The third-order valence-corrected chi connectivity index (χ3v) is 4.02. The van der Waals surface area contributed by atoms with E-state index in [2.05, 4.69) is 6.08 Å². The lowest BCUT2D eigenvalue weighted by Crippen LogP contribution is -2.22. The summed E-state index contributed by atoms with van der Waals surface area (Å²) < 4.78 is 30.5. The van der Waals surface area contributed by atoms with Crippen molar-refractivity contribution in [1.29, 1.82) is 0 Å². The van der Waals surface area contributed by atoms with Crippen molar-refractivity contribution in [1.82, 2.24) is 0 Å². The molecule has 1 fully saturated rings. The molecule has 0 aromatic rings. The van der Waals surface area contributed by atoms with Gasteiger partial charge in [-0.25, -0.2) is 0 Å². The standard InChI is InChI=1S/C10H14O3S/c1-7-2-3-8-4-5-9(7)10(8)6-14(11,12)13/h2-3,9-10H,4-6H2,1H3,(H,11,12,13). The Morgan fingerprint density at radius 1 is 1.50 bits per heavy atom. The van der Waals surface area contributed by atoms with Gasteiger partial charge < -0.3 is 0 Å². The van der Waals surface area contributed by atoms with E-state index < -0.39 is 10.1 Å². The van der Waals surface area contributed by atoms with Crippen molar-refractivity contribution in [3.8, 4) is 0 Å². The van der Waals surface area contributed by atoms with E-state index in [-0.39, 0.29) is 11.7 Å². The van der Waals surface area contributed by atoms with Gasteiger partial charge in [-0.05, 0) is 25.7 Å². The van der Waals surface area contributed by atoms with Crippen molar-refractivity contribution in [2.75, 3.05) is 5.75 Å². The van der Waals surface area contributed by atoms with Crippen molar-refractivity contribution in [2.45, 2.75) is 19.8 Å². The van der Waals surface area contributed by atoms with E-state index in [1.165, 1.54) is 11.1 Å². The fourth-order valence-corrected chi connectivity index (χ4v) is 3.43. The van der Waals surface area contributed by atoms with Crippen molar-refractivity contribution in [2.24, 2.45) is 11.8 Å². The van der Waals surface area contributed by atoms with Gasteiger partial charge in [-0.2, -0.15) is 8.42 Å². The Bertz CT molecular complexity index is 403. The van der Waals surface area contributed by atoms with Crippen LogP contribution < -0.4 is 0 Å². The van der Waals surface area contributed by atoms with Gasteiger partial charge in [0.1, 0.15) is 0 Å². The lowest BCUT2D eigenvalue weighted by Gasteiger charge is -2.23. The third-order valence-electron chi connectivity index (χ3n) is 3.24. The highest BCUT2D eigenvalue weighted by Gasteiger charge is 2.36. The molecule has 3 nitrogen and oxygen atoms in total. The maximum absolute atomic E-state index is 10.8. The van der Waals surface area contributed by atoms with Crippen LogP contribution in [0.4, 0.5) is 0 Å². The molecule has 1 saturated carbocycles. The molecular weight excluding hydrogens is 200 g/mol. The molecule has 0 aromatic carbocycles. The van der Waals surface area contributed by atoms with Crippen LogP contribution in [0.25, 0.3) is 0 Å². The molecule has 14 heavy (non-hydrogen) atoms. The summed E-state index contributed by atoms with van der Waals surface area (Å²) >= 11 is 0. The number of allylic oxidation sites excluding steroid dienone is 4. The predicted octanol–water partition coefficient (Wildman–Crippen LogP) is 1.79. The Morgan fingerprint density at radius 3 is 2.86 bits per heavy atom. The Balaban J connectivity index is 2.25. The van der Waals surface area contributed by atoms with Crippen LogP contribution in [0.15, 0.2) is 23.3 Å². The highest BCUT2D eigenvalue weighted by Crippen LogP contribution is 2.44. The molecule has 2 unspecified atom stereocenters. The number of hydrogen-bond donors (Lipinski definition) is 1. The molecule has 2 aliphatic rings. The van der Waals surface area contributed by atoms with Crippen molar-refractivity contribution in [3.63, 3.8) is 0 Å². The minimum absolute atomic E-state index is 0.0231. The lowest BCUT2D eigenvalue weighted by molar-refractivity contribution is 0.452. The molecule has 0 spiro atoms. The fourth-order valence-electron chi connectivity index (χ4n) is 2.53. The SMILES string of the molecule is CC1=CC=C2CCC1C2CS(=O)(=O)O. The van der Waals surface area contributed by atoms with Gasteiger partial charge in [0, 0.05) is 5.92 Å². The highest BCUT2D eigenvalue weighted by atomic mass is 32.2. The molecule has 2 atom stereocenters. The molecule has 0 radical (unpaired) electrons. The molecule has 0 aliphatic heterocycles. The molecular formula is C10H14O3S. The first kappa shape index (κ1) is 9.93. The first-order valence-corrected chi connectivity index (χ1v) is 6.41. The largest absolute Gasteiger partial charge is 0.286 e. The summed E-state index contributed by atoms with van der Waals surface area (Å²) in [5.41, 5.74) is 2.41. The van der Waals surface area contributed by atoms with Gasteiger partial charge in [0.25, 0.3) is 10.1 Å². The van der Waals surface area contributed by atoms with Gasteiger partial charge in [-0.3, -0.25) is 4.55 Å². The normalized spacial score (nSPS) is 31.3. The van der Waals surface area contributed by atoms with Crippen molar-refractivity contribution < 1.29 is 13.0 Å². The summed E-state index contributed by atoms with van der Waals surface area (Å²) in [5.74, 6) is 0.237. The van der Waals surface area contributed by atoms with Gasteiger partial charge in [-0.15, -0.1) is 0 Å². The first-order valence-electron chi connectivity index (χ1n) is 4.80. The molecule has 0 saturated heterocycles. The van der Waals surface area contributed by atoms with E-state index >= 15 is 0 Å². The maximum Gasteiger partial charge on any atom is 0.265 e. The average Bonchev–Trinajstić information content (AvgIpc) is 2.29. The summed E-state index contributed by atoms with van der Waals surface area (Å²) in [6.07, 6.45) is 6.06. The third kappa shape index (κ3) is 1.77. The second-order valence-electron chi connectivity index (χ2n) is 4.15. The first-order chi connectivity index (χ1) is 6.47. The van der Waals surface area contributed by atoms with E-state index in [4.69, 9.17) is 4.55 Å². The number of hydrogen-bond acceptors (Lipinski definition) is 2. The molecule has 2 aliphatic carbocycles. The van der Waals surface area contributed by atoms with Crippen LogP contribution >= 0.6 is 0 Å². The van der Waals surface area contributed by atoms with Crippen LogP contribution in [0.3, 0.4) is 0 Å². The summed E-state index contributed by atoms with van der Waals surface area (Å²) in [6.45, 7) is 2.03. The second-order valence-corrected chi connectivity index (χ2v) is 5.65. The van der Waals surface area contributed by atoms with Crippen molar-refractivity contribution >= 4 is 10.1 Å². The van der Waals surface area contributed by atoms with Crippen LogP contribution in [0.5, 0.6) is 0 Å². The summed E-state index contributed by atoms with van der Waals surface area (Å²) in [6, 6.07) is 0. The summed E-state index contributed by atoms with van der Waals surface area (Å²) in [7, 11) is -3.84. The van der Waals surface area contributed by atoms with Crippen LogP contribution in [-0.4, -0.2) is 18.7 Å². The number of rotatable bonds is 2. The summed E-state index contributed by atoms with van der Waals surface area (Å²) in [4.78, 5) is 0. The molecule has 0 amide bonds. The average molecular weight is 214 g/mol. The maximum atomic E-state index is 10.8. The number of fused-ring (bicyclic) bond motifs is 2. The fraction of sp³-hybridized carbons (Fsp3) is 0.600. The molecule has 2 rings (SSSR count). The van der Waals surface area contributed by atoms with E-state index in [0.29, 0.717) is 5.92 Å². The predicted molar refractivity (Wildman–Crippen MR) is 54.5 cm³/mol. The Hall–Kier alpha value is -0.610. The lowest BCUT2D eigenvalue weighted by atomic mass is 9.85. The van der Waals surface area contributed by atoms with Crippen molar-refractivity contribution in [3.05, 3.63) is 23.3 Å². The smallest absolute Gasteiger partial charge is 0.265 e.